The Morgan fingerprint density at radius 3 is 2.74 bits per heavy atom. The molecule has 2 aliphatic rings. The molecule has 1 aromatic rings. The van der Waals surface area contributed by atoms with Crippen molar-refractivity contribution in [3.8, 4) is 0 Å². The average Bonchev–Trinajstić information content (AvgIpc) is 2.45. The van der Waals surface area contributed by atoms with Crippen LogP contribution in [0.5, 0.6) is 0 Å². The highest BCUT2D eigenvalue weighted by atomic mass is 32.2. The smallest absolute Gasteiger partial charge is 0.174 e. The van der Waals surface area contributed by atoms with Crippen LogP contribution in [0.4, 0.5) is 0 Å². The maximum Gasteiger partial charge on any atom is 0.174 e. The molecule has 1 aromatic carbocycles. The minimum absolute atomic E-state index is 0.264. The lowest BCUT2D eigenvalue weighted by Crippen LogP contribution is -2.08. The zero-order chi connectivity index (χ0) is 13.4. The summed E-state index contributed by atoms with van der Waals surface area (Å²) in [5.74, 6) is 0.264. The number of carbonyl (C=O) groups excluding carboxylic acids is 1. The van der Waals surface area contributed by atoms with Gasteiger partial charge in [0.2, 0.25) is 0 Å². The van der Waals surface area contributed by atoms with E-state index in [0.29, 0.717) is 6.42 Å². The number of hydrogen-bond acceptors (Lipinski definition) is 3. The molecular formula is C16H16OS2. The minimum Gasteiger partial charge on any atom is -0.293 e. The first-order valence-electron chi connectivity index (χ1n) is 6.68. The molecule has 0 unspecified atom stereocenters. The Labute approximate surface area is 122 Å². The van der Waals surface area contributed by atoms with Gasteiger partial charge in [0.05, 0.1) is 4.91 Å². The molecule has 3 rings (SSSR count). The number of Topliss-reactive ketones (excluding diaryl/α,β-unsaturated/α-hetero) is 1. The van der Waals surface area contributed by atoms with Crippen LogP contribution in [0.1, 0.15) is 31.4 Å². The zero-order valence-corrected chi connectivity index (χ0v) is 12.8. The fraction of sp³-hybridized carbons (Fsp3) is 0.312. The van der Waals surface area contributed by atoms with Gasteiger partial charge >= 0.3 is 0 Å². The number of rotatable bonds is 2. The number of carbonyl (C=O) groups is 1. The molecule has 1 nitrogen and oxygen atoms in total. The second-order valence-electron chi connectivity index (χ2n) is 4.72. The van der Waals surface area contributed by atoms with E-state index in [2.05, 4.69) is 32.1 Å². The van der Waals surface area contributed by atoms with Gasteiger partial charge in [-0.1, -0.05) is 55.6 Å². The molecule has 19 heavy (non-hydrogen) atoms. The molecular weight excluding hydrogens is 272 g/mol. The molecule has 0 spiro atoms. The molecule has 98 valence electrons. The van der Waals surface area contributed by atoms with Crippen LogP contribution in [0.3, 0.4) is 0 Å². The monoisotopic (exact) mass is 288 g/mol. The molecule has 0 bridgehead atoms. The summed E-state index contributed by atoms with van der Waals surface area (Å²) in [7, 11) is 0. The summed E-state index contributed by atoms with van der Waals surface area (Å²) in [4.78, 5) is 16.7. The highest BCUT2D eigenvalue weighted by molar-refractivity contribution is 8.10. The van der Waals surface area contributed by atoms with Gasteiger partial charge in [-0.25, -0.2) is 0 Å². The summed E-state index contributed by atoms with van der Waals surface area (Å²) >= 11 is 3.43. The van der Waals surface area contributed by atoms with E-state index in [4.69, 9.17) is 0 Å². The van der Waals surface area contributed by atoms with Gasteiger partial charge in [-0.15, -0.1) is 0 Å². The molecule has 1 aliphatic carbocycles. The number of hydrogen-bond donors (Lipinski definition) is 0. The van der Waals surface area contributed by atoms with E-state index in [1.165, 1.54) is 20.9 Å². The van der Waals surface area contributed by atoms with Crippen LogP contribution in [0, 0.1) is 0 Å². The van der Waals surface area contributed by atoms with E-state index in [1.807, 2.05) is 6.08 Å². The Bertz CT molecular complexity index is 611. The van der Waals surface area contributed by atoms with Crippen LogP contribution in [0.2, 0.25) is 0 Å². The van der Waals surface area contributed by atoms with Crippen molar-refractivity contribution in [3.05, 3.63) is 45.2 Å². The number of thioether (sulfide) groups is 2. The second kappa shape index (κ2) is 5.22. The van der Waals surface area contributed by atoms with Crippen molar-refractivity contribution in [2.75, 3.05) is 0 Å². The van der Waals surface area contributed by atoms with Crippen LogP contribution in [-0.4, -0.2) is 5.78 Å². The minimum atomic E-state index is 0.264. The van der Waals surface area contributed by atoms with Gasteiger partial charge in [0.25, 0.3) is 0 Å². The Morgan fingerprint density at radius 2 is 2.00 bits per heavy atom. The van der Waals surface area contributed by atoms with Gasteiger partial charge in [0.15, 0.2) is 5.78 Å². The number of fused-ring (bicyclic) bond motifs is 1. The summed E-state index contributed by atoms with van der Waals surface area (Å²) in [5, 5.41) is 0. The van der Waals surface area contributed by atoms with Crippen molar-refractivity contribution in [3.63, 3.8) is 0 Å². The van der Waals surface area contributed by atoms with Crippen molar-refractivity contribution >= 4 is 29.3 Å². The summed E-state index contributed by atoms with van der Waals surface area (Å²) in [6.07, 6.45) is 6.72. The first-order valence-corrected chi connectivity index (χ1v) is 8.31. The number of aryl methyl sites for hydroxylation is 2. The van der Waals surface area contributed by atoms with Crippen LogP contribution in [0.25, 0.3) is 0 Å². The van der Waals surface area contributed by atoms with E-state index in [-0.39, 0.29) is 5.78 Å². The number of ketones is 1. The summed E-state index contributed by atoms with van der Waals surface area (Å²) < 4.78 is 0. The molecule has 0 amide bonds. The molecule has 0 saturated carbocycles. The topological polar surface area (TPSA) is 17.1 Å². The zero-order valence-electron chi connectivity index (χ0n) is 11.2. The Balaban J connectivity index is 2.09. The molecule has 1 heterocycles. The van der Waals surface area contributed by atoms with Crippen molar-refractivity contribution in [1.29, 1.82) is 0 Å². The highest BCUT2D eigenvalue weighted by Gasteiger charge is 2.26. The lowest BCUT2D eigenvalue weighted by molar-refractivity contribution is -0.114. The lowest BCUT2D eigenvalue weighted by Gasteiger charge is -2.24. The van der Waals surface area contributed by atoms with Gasteiger partial charge < -0.3 is 0 Å². The fourth-order valence-electron chi connectivity index (χ4n) is 2.37. The van der Waals surface area contributed by atoms with E-state index in [9.17, 15) is 4.79 Å². The lowest BCUT2D eigenvalue weighted by atomic mass is 10.1. The van der Waals surface area contributed by atoms with Gasteiger partial charge in [-0.3, -0.25) is 4.79 Å². The number of benzene rings is 1. The Kier molecular flexibility index (Phi) is 3.59. The largest absolute Gasteiger partial charge is 0.293 e. The van der Waals surface area contributed by atoms with Crippen LogP contribution < -0.4 is 0 Å². The van der Waals surface area contributed by atoms with E-state index in [1.54, 1.807) is 23.5 Å². The highest BCUT2D eigenvalue weighted by Crippen LogP contribution is 2.50. The van der Waals surface area contributed by atoms with Gasteiger partial charge in [0.1, 0.15) is 0 Å². The SMILES string of the molecule is CCc1cc(CC)c2c(c1)SC1=C(C=CCC1=O)S2. The molecule has 1 aliphatic heterocycles. The van der Waals surface area contributed by atoms with Gasteiger partial charge in [0, 0.05) is 21.1 Å². The molecule has 0 saturated heterocycles. The molecule has 0 aromatic heterocycles. The third kappa shape index (κ3) is 2.30. The van der Waals surface area contributed by atoms with Crippen molar-refractivity contribution in [2.45, 2.75) is 42.9 Å². The normalized spacial score (nSPS) is 17.5. The Hall–Kier alpha value is -0.930. The molecule has 0 atom stereocenters. The van der Waals surface area contributed by atoms with E-state index in [0.717, 1.165) is 22.7 Å². The summed E-state index contributed by atoms with van der Waals surface area (Å²) in [5.41, 5.74) is 2.77. The maximum absolute atomic E-state index is 12.0. The first-order chi connectivity index (χ1) is 9.22. The van der Waals surface area contributed by atoms with E-state index < -0.39 is 0 Å². The summed E-state index contributed by atoms with van der Waals surface area (Å²) in [6.45, 7) is 4.38. The summed E-state index contributed by atoms with van der Waals surface area (Å²) in [6, 6.07) is 4.56. The van der Waals surface area contributed by atoms with Gasteiger partial charge in [-0.05, 0) is 30.0 Å². The molecule has 0 N–H and O–H groups in total. The van der Waals surface area contributed by atoms with E-state index >= 15 is 0 Å². The van der Waals surface area contributed by atoms with Crippen LogP contribution in [0.15, 0.2) is 43.9 Å². The predicted molar refractivity (Wildman–Crippen MR) is 82.7 cm³/mol. The van der Waals surface area contributed by atoms with Gasteiger partial charge in [-0.2, -0.15) is 0 Å². The quantitative estimate of drug-likeness (QED) is 0.781. The van der Waals surface area contributed by atoms with Crippen molar-refractivity contribution < 1.29 is 4.79 Å². The second-order valence-corrected chi connectivity index (χ2v) is 6.82. The fourth-order valence-corrected chi connectivity index (χ4v) is 4.97. The van der Waals surface area contributed by atoms with Crippen LogP contribution >= 0.6 is 23.5 Å². The third-order valence-electron chi connectivity index (χ3n) is 3.45. The maximum atomic E-state index is 12.0. The first kappa shape index (κ1) is 13.1. The Morgan fingerprint density at radius 1 is 1.16 bits per heavy atom. The predicted octanol–water partition coefficient (Wildman–Crippen LogP) is 4.75. The van der Waals surface area contributed by atoms with Crippen molar-refractivity contribution in [1.82, 2.24) is 0 Å². The van der Waals surface area contributed by atoms with Crippen LogP contribution in [-0.2, 0) is 17.6 Å². The molecule has 0 radical (unpaired) electrons. The third-order valence-corrected chi connectivity index (χ3v) is 6.15. The average molecular weight is 288 g/mol. The number of allylic oxidation sites excluding steroid dienone is 3. The molecule has 0 fully saturated rings. The standard InChI is InChI=1S/C16H16OS2/c1-3-10-8-11(4-2)15-14(9-10)19-16-12(17)6-5-7-13(16)18-15/h5,7-9H,3-4,6H2,1-2H3. The molecule has 3 heteroatoms. The van der Waals surface area contributed by atoms with Crippen molar-refractivity contribution in [2.24, 2.45) is 0 Å².